The van der Waals surface area contributed by atoms with Crippen LogP contribution in [0.2, 0.25) is 0 Å². The van der Waals surface area contributed by atoms with Crippen molar-refractivity contribution in [3.8, 4) is 0 Å². The van der Waals surface area contributed by atoms with Crippen molar-refractivity contribution in [3.63, 3.8) is 0 Å². The summed E-state index contributed by atoms with van der Waals surface area (Å²) in [6.07, 6.45) is 1.80. The van der Waals surface area contributed by atoms with E-state index in [1.54, 1.807) is 0 Å². The highest BCUT2D eigenvalue weighted by atomic mass is 19.1. The molecular formula is C16H18FN. The first-order valence-corrected chi connectivity index (χ1v) is 6.69. The highest BCUT2D eigenvalue weighted by Gasteiger charge is 2.24. The Morgan fingerprint density at radius 2 is 2.00 bits per heavy atom. The summed E-state index contributed by atoms with van der Waals surface area (Å²) in [5.41, 5.74) is 1.12. The number of fused-ring (bicyclic) bond motifs is 1. The second-order valence-corrected chi connectivity index (χ2v) is 5.06. The van der Waals surface area contributed by atoms with E-state index in [2.05, 4.69) is 23.5 Å². The van der Waals surface area contributed by atoms with Crippen LogP contribution in [0.4, 0.5) is 4.39 Å². The molecule has 1 nitrogen and oxygen atoms in total. The van der Waals surface area contributed by atoms with Crippen LogP contribution in [0, 0.1) is 0 Å². The minimum Gasteiger partial charge on any atom is -0.311 e. The monoisotopic (exact) mass is 243 g/mol. The number of rotatable bonds is 3. The van der Waals surface area contributed by atoms with Crippen molar-refractivity contribution in [3.05, 3.63) is 48.0 Å². The smallest absolute Gasteiger partial charge is 0.119 e. The largest absolute Gasteiger partial charge is 0.311 e. The Balaban J connectivity index is 1.85. The molecule has 3 rings (SSSR count). The first-order chi connectivity index (χ1) is 8.84. The third-order valence-electron chi connectivity index (χ3n) is 3.83. The minimum atomic E-state index is -0.779. The van der Waals surface area contributed by atoms with Gasteiger partial charge >= 0.3 is 0 Å². The summed E-state index contributed by atoms with van der Waals surface area (Å²) in [5, 5.41) is 5.63. The molecule has 1 fully saturated rings. The second kappa shape index (κ2) is 5.07. The van der Waals surface area contributed by atoms with Gasteiger partial charge in [0.25, 0.3) is 0 Å². The van der Waals surface area contributed by atoms with Crippen LogP contribution in [0.3, 0.4) is 0 Å². The van der Waals surface area contributed by atoms with Gasteiger partial charge in [-0.1, -0.05) is 42.5 Å². The molecule has 2 heteroatoms. The number of halogens is 1. The van der Waals surface area contributed by atoms with E-state index in [1.807, 2.05) is 24.3 Å². The van der Waals surface area contributed by atoms with Gasteiger partial charge in [-0.25, -0.2) is 4.39 Å². The minimum absolute atomic E-state index is 0.0453. The van der Waals surface area contributed by atoms with Crippen molar-refractivity contribution in [2.24, 2.45) is 0 Å². The number of hydrogen-bond donors (Lipinski definition) is 1. The molecule has 2 atom stereocenters. The molecule has 1 N–H and O–H groups in total. The zero-order chi connectivity index (χ0) is 12.4. The molecule has 0 amide bonds. The van der Waals surface area contributed by atoms with Gasteiger partial charge in [-0.15, -0.1) is 0 Å². The average Bonchev–Trinajstić information content (AvgIpc) is 2.93. The lowest BCUT2D eigenvalue weighted by Crippen LogP contribution is -2.33. The van der Waals surface area contributed by atoms with Crippen LogP contribution in [0.5, 0.6) is 0 Å². The van der Waals surface area contributed by atoms with E-state index < -0.39 is 6.17 Å². The van der Waals surface area contributed by atoms with Gasteiger partial charge < -0.3 is 5.32 Å². The quantitative estimate of drug-likeness (QED) is 0.870. The number of benzene rings is 2. The Morgan fingerprint density at radius 3 is 2.83 bits per heavy atom. The highest BCUT2D eigenvalue weighted by Crippen LogP contribution is 2.23. The lowest BCUT2D eigenvalue weighted by Gasteiger charge is -2.17. The van der Waals surface area contributed by atoms with Crippen LogP contribution < -0.4 is 5.32 Å². The van der Waals surface area contributed by atoms with Gasteiger partial charge in [-0.2, -0.15) is 0 Å². The van der Waals surface area contributed by atoms with E-state index in [0.717, 1.165) is 24.9 Å². The molecule has 0 spiro atoms. The summed E-state index contributed by atoms with van der Waals surface area (Å²) < 4.78 is 14.3. The first-order valence-electron chi connectivity index (χ1n) is 6.69. The van der Waals surface area contributed by atoms with E-state index in [4.69, 9.17) is 0 Å². The molecule has 1 aliphatic heterocycles. The predicted molar refractivity (Wildman–Crippen MR) is 73.6 cm³/mol. The summed E-state index contributed by atoms with van der Waals surface area (Å²) in [6.45, 7) is 0.959. The SMILES string of the molecule is FC(Cc1cccc2ccccc12)C1CCCN1. The summed E-state index contributed by atoms with van der Waals surface area (Å²) in [4.78, 5) is 0. The van der Waals surface area contributed by atoms with Gasteiger partial charge in [-0.05, 0) is 35.7 Å². The maximum absolute atomic E-state index is 14.3. The maximum Gasteiger partial charge on any atom is 0.119 e. The normalized spacial score (nSPS) is 21.3. The molecule has 0 saturated carbocycles. The van der Waals surface area contributed by atoms with E-state index in [-0.39, 0.29) is 6.04 Å². The average molecular weight is 243 g/mol. The molecule has 1 heterocycles. The van der Waals surface area contributed by atoms with Crippen LogP contribution in [-0.2, 0) is 6.42 Å². The predicted octanol–water partition coefficient (Wildman–Crippen LogP) is 3.47. The third-order valence-corrected chi connectivity index (χ3v) is 3.83. The van der Waals surface area contributed by atoms with Crippen molar-refractivity contribution >= 4 is 10.8 Å². The molecule has 0 bridgehead atoms. The zero-order valence-electron chi connectivity index (χ0n) is 10.4. The maximum atomic E-state index is 14.3. The van der Waals surface area contributed by atoms with Crippen molar-refractivity contribution in [2.45, 2.75) is 31.5 Å². The van der Waals surface area contributed by atoms with Gasteiger partial charge in [-0.3, -0.25) is 0 Å². The Kier molecular flexibility index (Phi) is 3.28. The van der Waals surface area contributed by atoms with Crippen molar-refractivity contribution in [1.29, 1.82) is 0 Å². The molecule has 0 radical (unpaired) electrons. The van der Waals surface area contributed by atoms with Gasteiger partial charge in [0.05, 0.1) is 0 Å². The Hall–Kier alpha value is -1.41. The molecule has 2 unspecified atom stereocenters. The van der Waals surface area contributed by atoms with Gasteiger partial charge in [0.15, 0.2) is 0 Å². The van der Waals surface area contributed by atoms with Crippen molar-refractivity contribution in [1.82, 2.24) is 5.32 Å². The molecule has 1 saturated heterocycles. The third kappa shape index (κ3) is 2.25. The molecule has 94 valence electrons. The number of nitrogens with one attached hydrogen (secondary N) is 1. The summed E-state index contributed by atoms with van der Waals surface area (Å²) >= 11 is 0. The zero-order valence-corrected chi connectivity index (χ0v) is 10.4. The molecule has 0 aliphatic carbocycles. The summed E-state index contributed by atoms with van der Waals surface area (Å²) in [6, 6.07) is 14.4. The van der Waals surface area contributed by atoms with Crippen LogP contribution in [0.15, 0.2) is 42.5 Å². The fourth-order valence-electron chi connectivity index (χ4n) is 2.84. The van der Waals surface area contributed by atoms with Gasteiger partial charge in [0, 0.05) is 12.5 Å². The van der Waals surface area contributed by atoms with Gasteiger partial charge in [0.1, 0.15) is 6.17 Å². The molecule has 0 aromatic heterocycles. The molecule has 18 heavy (non-hydrogen) atoms. The first kappa shape index (κ1) is 11.7. The Labute approximate surface area is 107 Å². The number of alkyl halides is 1. The molecule has 1 aliphatic rings. The van der Waals surface area contributed by atoms with E-state index in [1.165, 1.54) is 10.8 Å². The summed E-state index contributed by atoms with van der Waals surface area (Å²) in [5.74, 6) is 0. The van der Waals surface area contributed by atoms with E-state index in [9.17, 15) is 4.39 Å². The van der Waals surface area contributed by atoms with E-state index in [0.29, 0.717) is 6.42 Å². The Bertz CT molecular complexity index is 526. The lowest BCUT2D eigenvalue weighted by molar-refractivity contribution is 0.264. The van der Waals surface area contributed by atoms with Crippen molar-refractivity contribution < 1.29 is 4.39 Å². The van der Waals surface area contributed by atoms with Crippen LogP contribution in [0.25, 0.3) is 10.8 Å². The fraction of sp³-hybridized carbons (Fsp3) is 0.375. The van der Waals surface area contributed by atoms with E-state index >= 15 is 0 Å². The molecule has 2 aromatic rings. The summed E-state index contributed by atoms with van der Waals surface area (Å²) in [7, 11) is 0. The lowest BCUT2D eigenvalue weighted by atomic mass is 9.97. The highest BCUT2D eigenvalue weighted by molar-refractivity contribution is 5.85. The fourth-order valence-corrected chi connectivity index (χ4v) is 2.84. The van der Waals surface area contributed by atoms with Gasteiger partial charge in [0.2, 0.25) is 0 Å². The van der Waals surface area contributed by atoms with Crippen molar-refractivity contribution in [2.75, 3.05) is 6.54 Å². The Morgan fingerprint density at radius 1 is 1.17 bits per heavy atom. The molecular weight excluding hydrogens is 225 g/mol. The second-order valence-electron chi connectivity index (χ2n) is 5.06. The standard InChI is InChI=1S/C16H18FN/c17-15(16-9-4-10-18-16)11-13-7-3-6-12-5-1-2-8-14(12)13/h1-3,5-8,15-16,18H,4,9-11H2. The number of hydrogen-bond acceptors (Lipinski definition) is 1. The topological polar surface area (TPSA) is 12.0 Å². The van der Waals surface area contributed by atoms with Crippen LogP contribution >= 0.6 is 0 Å². The molecule has 2 aromatic carbocycles. The van der Waals surface area contributed by atoms with Crippen LogP contribution in [0.1, 0.15) is 18.4 Å². The van der Waals surface area contributed by atoms with Crippen LogP contribution in [-0.4, -0.2) is 18.8 Å².